The van der Waals surface area contributed by atoms with E-state index in [-0.39, 0.29) is 11.7 Å². The van der Waals surface area contributed by atoms with Crippen LogP contribution in [0.3, 0.4) is 0 Å². The summed E-state index contributed by atoms with van der Waals surface area (Å²) in [6.07, 6.45) is 4.74. The molecule has 0 unspecified atom stereocenters. The fourth-order valence-electron chi connectivity index (χ4n) is 3.61. The van der Waals surface area contributed by atoms with Gasteiger partial charge in [0.2, 0.25) is 5.91 Å². The van der Waals surface area contributed by atoms with Crippen LogP contribution in [0.1, 0.15) is 22.3 Å². The lowest BCUT2D eigenvalue weighted by molar-refractivity contribution is -0.111. The molecule has 0 spiro atoms. The molecule has 0 bridgehead atoms. The van der Waals surface area contributed by atoms with E-state index >= 15 is 0 Å². The molecule has 0 saturated carbocycles. The minimum Gasteiger partial charge on any atom is -0.496 e. The van der Waals surface area contributed by atoms with Gasteiger partial charge in [0.05, 0.1) is 13.7 Å². The van der Waals surface area contributed by atoms with Gasteiger partial charge in [-0.2, -0.15) is 5.10 Å². The van der Waals surface area contributed by atoms with Gasteiger partial charge < -0.3 is 14.8 Å². The van der Waals surface area contributed by atoms with Gasteiger partial charge in [-0.15, -0.1) is 0 Å². The number of rotatable bonds is 9. The molecule has 0 saturated heterocycles. The van der Waals surface area contributed by atoms with Gasteiger partial charge in [-0.05, 0) is 60.0 Å². The molecular formula is C28H24Cl3N3O3. The van der Waals surface area contributed by atoms with E-state index in [1.165, 1.54) is 6.08 Å². The third-order valence-corrected chi connectivity index (χ3v) is 6.38. The van der Waals surface area contributed by atoms with Gasteiger partial charge in [-0.1, -0.05) is 65.1 Å². The number of carbonyl (C=O) groups is 1. The number of amides is 1. The van der Waals surface area contributed by atoms with Crippen molar-refractivity contribution < 1.29 is 14.3 Å². The summed E-state index contributed by atoms with van der Waals surface area (Å²) in [5.74, 6) is 1.39. The van der Waals surface area contributed by atoms with E-state index in [1.54, 1.807) is 36.2 Å². The van der Waals surface area contributed by atoms with Crippen LogP contribution in [0, 0.1) is 6.92 Å². The van der Waals surface area contributed by atoms with E-state index in [0.29, 0.717) is 34.0 Å². The topological polar surface area (TPSA) is 65.4 Å². The number of aryl methyl sites for hydroxylation is 1. The summed E-state index contributed by atoms with van der Waals surface area (Å²) in [7, 11) is 1.61. The Bertz CT molecular complexity index is 1450. The van der Waals surface area contributed by atoms with Crippen molar-refractivity contribution in [3.05, 3.63) is 110 Å². The second-order valence-corrected chi connectivity index (χ2v) is 9.46. The van der Waals surface area contributed by atoms with E-state index in [0.717, 1.165) is 28.0 Å². The molecule has 1 aromatic heterocycles. The first kappa shape index (κ1) is 26.6. The number of hydrogen-bond donors (Lipinski definition) is 1. The number of hydrogen-bond acceptors (Lipinski definition) is 4. The van der Waals surface area contributed by atoms with Gasteiger partial charge in [-0.3, -0.25) is 9.48 Å². The minimum atomic E-state index is -0.370. The van der Waals surface area contributed by atoms with Gasteiger partial charge in [0.15, 0.2) is 5.82 Å². The van der Waals surface area contributed by atoms with Crippen LogP contribution in [-0.2, 0) is 17.9 Å². The number of carbonyl (C=O) groups excluding carboxylic acids is 1. The monoisotopic (exact) mass is 555 g/mol. The maximum atomic E-state index is 12.6. The second kappa shape index (κ2) is 12.2. The molecule has 6 nitrogen and oxygen atoms in total. The van der Waals surface area contributed by atoms with Crippen LogP contribution in [-0.4, -0.2) is 22.8 Å². The summed E-state index contributed by atoms with van der Waals surface area (Å²) in [6, 6.07) is 18.7. The number of anilines is 1. The Morgan fingerprint density at radius 2 is 1.81 bits per heavy atom. The third-order valence-electron chi connectivity index (χ3n) is 5.51. The van der Waals surface area contributed by atoms with Crippen LogP contribution in [0.4, 0.5) is 5.82 Å². The first-order chi connectivity index (χ1) is 17.8. The quantitative estimate of drug-likeness (QED) is 0.218. The number of nitrogens with zero attached hydrogens (tertiary/aromatic N) is 2. The molecule has 0 aliphatic heterocycles. The molecule has 1 amide bonds. The molecule has 4 aromatic rings. The van der Waals surface area contributed by atoms with Crippen molar-refractivity contribution in [3.63, 3.8) is 0 Å². The van der Waals surface area contributed by atoms with E-state index in [9.17, 15) is 4.79 Å². The number of halogens is 3. The smallest absolute Gasteiger partial charge is 0.249 e. The summed E-state index contributed by atoms with van der Waals surface area (Å²) in [6.45, 7) is 2.69. The Labute approximate surface area is 230 Å². The molecule has 0 radical (unpaired) electrons. The highest BCUT2D eigenvalue weighted by Crippen LogP contribution is 2.26. The summed E-state index contributed by atoms with van der Waals surface area (Å²) in [4.78, 5) is 12.6. The van der Waals surface area contributed by atoms with Gasteiger partial charge in [0.25, 0.3) is 0 Å². The molecule has 9 heteroatoms. The predicted molar refractivity (Wildman–Crippen MR) is 149 cm³/mol. The van der Waals surface area contributed by atoms with Crippen LogP contribution in [0.25, 0.3) is 6.08 Å². The Balaban J connectivity index is 1.41. The molecule has 1 N–H and O–H groups in total. The van der Waals surface area contributed by atoms with Crippen LogP contribution in [0.15, 0.2) is 72.9 Å². The lowest BCUT2D eigenvalue weighted by atomic mass is 10.1. The number of aromatic nitrogens is 2. The summed E-state index contributed by atoms with van der Waals surface area (Å²) in [5.41, 5.74) is 3.54. The van der Waals surface area contributed by atoms with Crippen LogP contribution in [0.5, 0.6) is 11.5 Å². The average molecular weight is 557 g/mol. The van der Waals surface area contributed by atoms with Crippen molar-refractivity contribution in [2.75, 3.05) is 12.4 Å². The van der Waals surface area contributed by atoms with Gasteiger partial charge >= 0.3 is 0 Å². The molecular weight excluding hydrogens is 533 g/mol. The molecule has 190 valence electrons. The summed E-state index contributed by atoms with van der Waals surface area (Å²) < 4.78 is 13.0. The lowest BCUT2D eigenvalue weighted by Gasteiger charge is -2.12. The Morgan fingerprint density at radius 1 is 1.00 bits per heavy atom. The SMILES string of the molecule is COc1ccc(/C=C/C(=O)Nc2nn(Cc3ccc(Cl)cc3Cl)cc2Cl)cc1COc1ccccc1C. The lowest BCUT2D eigenvalue weighted by Crippen LogP contribution is -2.09. The summed E-state index contributed by atoms with van der Waals surface area (Å²) in [5, 5.41) is 8.45. The standard InChI is InChI=1S/C28H24Cl3N3O3/c1-18-5-3-4-6-25(18)37-17-21-13-19(7-11-26(21)36-2)8-12-27(35)32-28-24(31)16-34(33-28)15-20-9-10-22(29)14-23(20)30/h3-14,16H,15,17H2,1-2H3,(H,32,33,35)/b12-8+. The van der Waals surface area contributed by atoms with Crippen molar-refractivity contribution in [1.29, 1.82) is 0 Å². The second-order valence-electron chi connectivity index (χ2n) is 8.21. The van der Waals surface area contributed by atoms with Gasteiger partial charge in [-0.25, -0.2) is 0 Å². The molecule has 0 atom stereocenters. The fraction of sp³-hybridized carbons (Fsp3) is 0.143. The van der Waals surface area contributed by atoms with Crippen LogP contribution >= 0.6 is 34.8 Å². The first-order valence-corrected chi connectivity index (χ1v) is 12.5. The van der Waals surface area contributed by atoms with Crippen molar-refractivity contribution in [2.45, 2.75) is 20.1 Å². The Morgan fingerprint density at radius 3 is 2.57 bits per heavy atom. The molecule has 3 aromatic carbocycles. The van der Waals surface area contributed by atoms with E-state index in [4.69, 9.17) is 44.3 Å². The van der Waals surface area contributed by atoms with Crippen molar-refractivity contribution in [3.8, 4) is 11.5 Å². The van der Waals surface area contributed by atoms with E-state index in [1.807, 2.05) is 55.5 Å². The third kappa shape index (κ3) is 7.07. The molecule has 0 aliphatic carbocycles. The van der Waals surface area contributed by atoms with Gasteiger partial charge in [0, 0.05) is 27.9 Å². The van der Waals surface area contributed by atoms with Crippen molar-refractivity contribution in [1.82, 2.24) is 9.78 Å². The van der Waals surface area contributed by atoms with Gasteiger partial charge in [0.1, 0.15) is 23.1 Å². The van der Waals surface area contributed by atoms with E-state index in [2.05, 4.69) is 10.4 Å². The maximum Gasteiger partial charge on any atom is 0.249 e. The normalized spacial score (nSPS) is 11.1. The largest absolute Gasteiger partial charge is 0.496 e. The number of ether oxygens (including phenoxy) is 2. The number of nitrogens with one attached hydrogen (secondary N) is 1. The van der Waals surface area contributed by atoms with Crippen LogP contribution < -0.4 is 14.8 Å². The van der Waals surface area contributed by atoms with Crippen molar-refractivity contribution in [2.24, 2.45) is 0 Å². The fourth-order valence-corrected chi connectivity index (χ4v) is 4.27. The number of para-hydroxylation sites is 1. The molecule has 1 heterocycles. The Hall–Kier alpha value is -3.45. The zero-order chi connectivity index (χ0) is 26.4. The molecule has 0 aliphatic rings. The maximum absolute atomic E-state index is 12.6. The number of methoxy groups -OCH3 is 1. The van der Waals surface area contributed by atoms with Crippen LogP contribution in [0.2, 0.25) is 15.1 Å². The zero-order valence-corrected chi connectivity index (χ0v) is 22.4. The summed E-state index contributed by atoms with van der Waals surface area (Å²) >= 11 is 18.5. The predicted octanol–water partition coefficient (Wildman–Crippen LogP) is 7.44. The highest BCUT2D eigenvalue weighted by atomic mass is 35.5. The molecule has 0 fully saturated rings. The highest BCUT2D eigenvalue weighted by Gasteiger charge is 2.11. The first-order valence-electron chi connectivity index (χ1n) is 11.3. The average Bonchev–Trinajstić information content (AvgIpc) is 3.22. The Kier molecular flexibility index (Phi) is 8.77. The molecule has 37 heavy (non-hydrogen) atoms. The van der Waals surface area contributed by atoms with E-state index < -0.39 is 0 Å². The minimum absolute atomic E-state index is 0.253. The zero-order valence-electron chi connectivity index (χ0n) is 20.2. The highest BCUT2D eigenvalue weighted by molar-refractivity contribution is 6.35. The van der Waals surface area contributed by atoms with Crippen molar-refractivity contribution >= 4 is 52.6 Å². The number of benzene rings is 3. The molecule has 4 rings (SSSR count).